The second kappa shape index (κ2) is 6.39. The van der Waals surface area contributed by atoms with Gasteiger partial charge in [0.05, 0.1) is 6.42 Å². The summed E-state index contributed by atoms with van der Waals surface area (Å²) < 4.78 is 5.35. The average molecular weight is 243 g/mol. The van der Waals surface area contributed by atoms with Gasteiger partial charge in [-0.3, -0.25) is 9.69 Å². The number of nitrogens with zero attached hydrogens (tertiary/aromatic N) is 1. The van der Waals surface area contributed by atoms with Crippen LogP contribution in [0.1, 0.15) is 61.8 Å². The smallest absolute Gasteiger partial charge is 0.307 e. The molecule has 102 valence electrons. The van der Waals surface area contributed by atoms with E-state index in [-0.39, 0.29) is 12.0 Å². The van der Waals surface area contributed by atoms with Crippen molar-refractivity contribution >= 4 is 5.97 Å². The van der Waals surface area contributed by atoms with Crippen LogP contribution >= 0.6 is 0 Å². The molecule has 3 nitrogen and oxygen atoms in total. The summed E-state index contributed by atoms with van der Waals surface area (Å²) in [5.41, 5.74) is -0.392. The van der Waals surface area contributed by atoms with Gasteiger partial charge in [-0.1, -0.05) is 0 Å². The molecule has 0 saturated heterocycles. The maximum Gasteiger partial charge on any atom is 0.307 e. The van der Waals surface area contributed by atoms with Gasteiger partial charge in [0.1, 0.15) is 5.60 Å². The lowest BCUT2D eigenvalue weighted by atomic mass is 10.1. The van der Waals surface area contributed by atoms with Crippen molar-refractivity contribution in [2.45, 2.75) is 85.5 Å². The molecule has 3 heteroatoms. The van der Waals surface area contributed by atoms with E-state index in [4.69, 9.17) is 4.74 Å². The number of rotatable bonds is 5. The molecule has 0 aromatic carbocycles. The number of hydrogen-bond acceptors (Lipinski definition) is 3. The maximum absolute atomic E-state index is 11.8. The average Bonchev–Trinajstić information content (AvgIpc) is 1.96. The summed E-state index contributed by atoms with van der Waals surface area (Å²) >= 11 is 0. The molecule has 0 unspecified atom stereocenters. The first-order valence-corrected chi connectivity index (χ1v) is 6.54. The standard InChI is InChI=1S/C14H29NO2/c1-10(2)15(11(3)4)12(5)9-13(16)17-14(6,7)8/h10-12H,9H2,1-8H3/t12-/m0/s1. The fourth-order valence-corrected chi connectivity index (χ4v) is 2.34. The zero-order chi connectivity index (χ0) is 13.8. The van der Waals surface area contributed by atoms with Gasteiger partial charge in [-0.25, -0.2) is 0 Å². The van der Waals surface area contributed by atoms with E-state index in [0.717, 1.165) is 0 Å². The summed E-state index contributed by atoms with van der Waals surface area (Å²) in [4.78, 5) is 14.1. The molecule has 0 aliphatic carbocycles. The maximum atomic E-state index is 11.8. The molecule has 17 heavy (non-hydrogen) atoms. The molecule has 0 amide bonds. The largest absolute Gasteiger partial charge is 0.460 e. The minimum absolute atomic E-state index is 0.115. The molecule has 0 fully saturated rings. The van der Waals surface area contributed by atoms with Crippen molar-refractivity contribution in [2.24, 2.45) is 0 Å². The van der Waals surface area contributed by atoms with Gasteiger partial charge in [-0.2, -0.15) is 0 Å². The number of ether oxygens (including phenoxy) is 1. The Bertz CT molecular complexity index is 233. The first-order valence-electron chi connectivity index (χ1n) is 6.54. The topological polar surface area (TPSA) is 29.5 Å². The first-order chi connectivity index (χ1) is 7.54. The van der Waals surface area contributed by atoms with Gasteiger partial charge >= 0.3 is 5.97 Å². The van der Waals surface area contributed by atoms with Crippen LogP contribution in [0.2, 0.25) is 0 Å². The van der Waals surface area contributed by atoms with Crippen molar-refractivity contribution < 1.29 is 9.53 Å². The van der Waals surface area contributed by atoms with E-state index in [2.05, 4.69) is 39.5 Å². The van der Waals surface area contributed by atoms with Gasteiger partial charge in [0.2, 0.25) is 0 Å². The van der Waals surface area contributed by atoms with Crippen molar-refractivity contribution in [1.29, 1.82) is 0 Å². The molecule has 0 aliphatic heterocycles. The van der Waals surface area contributed by atoms with Crippen LogP contribution in [0.15, 0.2) is 0 Å². The predicted octanol–water partition coefficient (Wildman–Crippen LogP) is 3.23. The van der Waals surface area contributed by atoms with Crippen LogP contribution in [-0.4, -0.2) is 34.6 Å². The molecule has 0 spiro atoms. The Kier molecular flexibility index (Phi) is 6.17. The highest BCUT2D eigenvalue weighted by atomic mass is 16.6. The normalized spacial score (nSPS) is 14.5. The van der Waals surface area contributed by atoms with Crippen LogP contribution in [0.3, 0.4) is 0 Å². The fraction of sp³-hybridized carbons (Fsp3) is 0.929. The number of carbonyl (C=O) groups excluding carboxylic acids is 1. The van der Waals surface area contributed by atoms with Gasteiger partial charge < -0.3 is 4.74 Å². The molecule has 0 radical (unpaired) electrons. The van der Waals surface area contributed by atoms with Crippen LogP contribution < -0.4 is 0 Å². The number of esters is 1. The van der Waals surface area contributed by atoms with Crippen LogP contribution in [0.5, 0.6) is 0 Å². The molecular weight excluding hydrogens is 214 g/mol. The third kappa shape index (κ3) is 6.67. The second-order valence-electron chi connectivity index (χ2n) is 6.27. The van der Waals surface area contributed by atoms with Crippen LogP contribution in [-0.2, 0) is 9.53 Å². The Labute approximate surface area is 107 Å². The monoisotopic (exact) mass is 243 g/mol. The Morgan fingerprint density at radius 2 is 1.47 bits per heavy atom. The Hall–Kier alpha value is -0.570. The summed E-state index contributed by atoms with van der Waals surface area (Å²) in [5, 5.41) is 0. The van der Waals surface area contributed by atoms with Crippen molar-refractivity contribution in [1.82, 2.24) is 4.90 Å². The highest BCUT2D eigenvalue weighted by Gasteiger charge is 2.24. The minimum Gasteiger partial charge on any atom is -0.460 e. The van der Waals surface area contributed by atoms with Crippen molar-refractivity contribution in [3.8, 4) is 0 Å². The molecule has 0 aromatic rings. The van der Waals surface area contributed by atoms with Crippen LogP contribution in [0, 0.1) is 0 Å². The lowest BCUT2D eigenvalue weighted by Gasteiger charge is -2.36. The van der Waals surface area contributed by atoms with E-state index < -0.39 is 5.60 Å². The van der Waals surface area contributed by atoms with Gasteiger partial charge in [0.15, 0.2) is 0 Å². The van der Waals surface area contributed by atoms with E-state index in [9.17, 15) is 4.79 Å². The molecule has 0 rings (SSSR count). The SMILES string of the molecule is CC(C)N(C(C)C)[C@@H](C)CC(=O)OC(C)(C)C. The highest BCUT2D eigenvalue weighted by molar-refractivity contribution is 5.70. The third-order valence-electron chi connectivity index (χ3n) is 2.58. The first kappa shape index (κ1) is 16.4. The molecule has 0 heterocycles. The molecule has 0 N–H and O–H groups in total. The molecule has 0 aromatic heterocycles. The Morgan fingerprint density at radius 1 is 1.06 bits per heavy atom. The van der Waals surface area contributed by atoms with E-state index in [0.29, 0.717) is 18.5 Å². The van der Waals surface area contributed by atoms with Gasteiger partial charge in [-0.15, -0.1) is 0 Å². The van der Waals surface area contributed by atoms with E-state index in [1.807, 2.05) is 20.8 Å². The molecule has 1 atom stereocenters. The lowest BCUT2D eigenvalue weighted by Crippen LogP contribution is -2.45. The van der Waals surface area contributed by atoms with E-state index >= 15 is 0 Å². The van der Waals surface area contributed by atoms with Gasteiger partial charge in [-0.05, 0) is 55.4 Å². The van der Waals surface area contributed by atoms with Crippen LogP contribution in [0.4, 0.5) is 0 Å². The van der Waals surface area contributed by atoms with Crippen molar-refractivity contribution in [3.63, 3.8) is 0 Å². The lowest BCUT2D eigenvalue weighted by molar-refractivity contribution is -0.156. The summed E-state index contributed by atoms with van der Waals surface area (Å²) in [6.45, 7) is 16.4. The van der Waals surface area contributed by atoms with E-state index in [1.54, 1.807) is 0 Å². The summed E-state index contributed by atoms with van der Waals surface area (Å²) in [7, 11) is 0. The Morgan fingerprint density at radius 3 is 1.76 bits per heavy atom. The van der Waals surface area contributed by atoms with Gasteiger partial charge in [0.25, 0.3) is 0 Å². The quantitative estimate of drug-likeness (QED) is 0.694. The summed E-state index contributed by atoms with van der Waals surface area (Å²) in [6, 6.07) is 1.09. The summed E-state index contributed by atoms with van der Waals surface area (Å²) in [6.07, 6.45) is 0.452. The third-order valence-corrected chi connectivity index (χ3v) is 2.58. The fourth-order valence-electron chi connectivity index (χ4n) is 2.34. The molecule has 0 bridgehead atoms. The Balaban J connectivity index is 4.41. The number of hydrogen-bond donors (Lipinski definition) is 0. The van der Waals surface area contributed by atoms with E-state index in [1.165, 1.54) is 0 Å². The molecular formula is C14H29NO2. The minimum atomic E-state index is -0.392. The predicted molar refractivity (Wildman–Crippen MR) is 72.0 cm³/mol. The zero-order valence-electron chi connectivity index (χ0n) is 12.7. The van der Waals surface area contributed by atoms with Crippen LogP contribution in [0.25, 0.3) is 0 Å². The van der Waals surface area contributed by atoms with Crippen molar-refractivity contribution in [3.05, 3.63) is 0 Å². The molecule has 0 saturated carbocycles. The second-order valence-corrected chi connectivity index (χ2v) is 6.27. The highest BCUT2D eigenvalue weighted by Crippen LogP contribution is 2.16. The van der Waals surface area contributed by atoms with Gasteiger partial charge in [0, 0.05) is 18.1 Å². The van der Waals surface area contributed by atoms with Crippen molar-refractivity contribution in [2.75, 3.05) is 0 Å². The molecule has 0 aliphatic rings. The summed E-state index contributed by atoms with van der Waals surface area (Å²) in [5.74, 6) is -0.115. The number of carbonyl (C=O) groups is 1. The zero-order valence-corrected chi connectivity index (χ0v) is 12.7.